The van der Waals surface area contributed by atoms with Crippen LogP contribution < -0.4 is 0 Å². The van der Waals surface area contributed by atoms with Crippen LogP contribution in [0.15, 0.2) is 24.3 Å². The summed E-state index contributed by atoms with van der Waals surface area (Å²) in [5, 5.41) is 9.08. The lowest BCUT2D eigenvalue weighted by Crippen LogP contribution is -2.55. The maximum absolute atomic E-state index is 14.3. The number of piperidine rings is 1. The van der Waals surface area contributed by atoms with Crippen LogP contribution in [0.2, 0.25) is 0 Å². The van der Waals surface area contributed by atoms with Crippen LogP contribution in [0.25, 0.3) is 0 Å². The molecule has 1 aromatic rings. The van der Waals surface area contributed by atoms with Crippen LogP contribution in [0.5, 0.6) is 0 Å². The molecular weight excluding hydrogens is 314 g/mol. The highest BCUT2D eigenvalue weighted by Gasteiger charge is 2.56. The second-order valence-electron chi connectivity index (χ2n) is 7.07. The molecule has 4 nitrogen and oxygen atoms in total. The number of aliphatic hydroxyl groups is 1. The molecule has 1 atom stereocenters. The predicted molar refractivity (Wildman–Crippen MR) is 86.5 cm³/mol. The zero-order chi connectivity index (χ0) is 17.4. The van der Waals surface area contributed by atoms with Gasteiger partial charge in [-0.05, 0) is 24.5 Å². The smallest absolute Gasteiger partial charge is 0.261 e. The first kappa shape index (κ1) is 17.3. The molecule has 1 amide bonds. The predicted octanol–water partition coefficient (Wildman–Crippen LogP) is 2.26. The van der Waals surface area contributed by atoms with Gasteiger partial charge in [-0.25, -0.2) is 8.78 Å². The van der Waals surface area contributed by atoms with Crippen molar-refractivity contribution in [2.45, 2.75) is 38.8 Å². The van der Waals surface area contributed by atoms with Crippen molar-refractivity contribution in [2.75, 3.05) is 26.2 Å². The van der Waals surface area contributed by atoms with Gasteiger partial charge in [-0.2, -0.15) is 0 Å². The first-order valence-corrected chi connectivity index (χ1v) is 8.46. The Morgan fingerprint density at radius 2 is 1.83 bits per heavy atom. The van der Waals surface area contributed by atoms with Crippen molar-refractivity contribution in [1.82, 2.24) is 9.80 Å². The van der Waals surface area contributed by atoms with Crippen LogP contribution in [0.3, 0.4) is 0 Å². The van der Waals surface area contributed by atoms with Gasteiger partial charge in [0.05, 0.1) is 18.6 Å². The maximum atomic E-state index is 14.3. The Bertz CT molecular complexity index is 606. The third-order valence-corrected chi connectivity index (χ3v) is 5.17. The number of aliphatic hydroxyl groups excluding tert-OH is 1. The van der Waals surface area contributed by atoms with Crippen LogP contribution in [0.4, 0.5) is 8.78 Å². The van der Waals surface area contributed by atoms with Gasteiger partial charge in [0.15, 0.2) is 0 Å². The summed E-state index contributed by atoms with van der Waals surface area (Å²) in [6.07, 6.45) is 0.171. The number of rotatable bonds is 4. The van der Waals surface area contributed by atoms with E-state index in [1.165, 1.54) is 0 Å². The molecule has 6 heteroatoms. The SMILES string of the molecule is CCN1CCC2(CN(Cc3ccc(CO)cc3)CC(F)(F)C2)C1=O. The van der Waals surface area contributed by atoms with E-state index in [2.05, 4.69) is 0 Å². The average Bonchev–Trinajstić information content (AvgIpc) is 2.82. The Morgan fingerprint density at radius 3 is 2.42 bits per heavy atom. The van der Waals surface area contributed by atoms with Gasteiger partial charge in [0.1, 0.15) is 0 Å². The molecule has 1 unspecified atom stereocenters. The fourth-order valence-corrected chi connectivity index (χ4v) is 4.04. The molecule has 0 radical (unpaired) electrons. The molecule has 3 rings (SSSR count). The van der Waals surface area contributed by atoms with Gasteiger partial charge in [0.25, 0.3) is 5.92 Å². The molecule has 0 aromatic heterocycles. The third kappa shape index (κ3) is 3.30. The number of amides is 1. The molecule has 0 saturated carbocycles. The summed E-state index contributed by atoms with van der Waals surface area (Å²) < 4.78 is 28.7. The second kappa shape index (κ2) is 6.41. The zero-order valence-corrected chi connectivity index (χ0v) is 14.0. The summed E-state index contributed by atoms with van der Waals surface area (Å²) in [6.45, 7) is 3.47. The van der Waals surface area contributed by atoms with Gasteiger partial charge < -0.3 is 10.0 Å². The number of hydrogen-bond acceptors (Lipinski definition) is 3. The van der Waals surface area contributed by atoms with E-state index in [0.717, 1.165) is 11.1 Å². The lowest BCUT2D eigenvalue weighted by Gasteiger charge is -2.43. The number of hydrogen-bond donors (Lipinski definition) is 1. The van der Waals surface area contributed by atoms with Crippen molar-refractivity contribution < 1.29 is 18.7 Å². The highest BCUT2D eigenvalue weighted by Crippen LogP contribution is 2.45. The summed E-state index contributed by atoms with van der Waals surface area (Å²) in [7, 11) is 0. The van der Waals surface area contributed by atoms with Crippen molar-refractivity contribution in [2.24, 2.45) is 5.41 Å². The molecule has 2 aliphatic heterocycles. The highest BCUT2D eigenvalue weighted by molar-refractivity contribution is 5.85. The Kier molecular flexibility index (Phi) is 4.62. The number of likely N-dealkylation sites (tertiary alicyclic amines) is 2. The zero-order valence-electron chi connectivity index (χ0n) is 14.0. The average molecular weight is 338 g/mol. The molecule has 2 aliphatic rings. The minimum absolute atomic E-state index is 0.0352. The van der Waals surface area contributed by atoms with E-state index in [0.29, 0.717) is 32.6 Å². The molecule has 0 bridgehead atoms. The Balaban J connectivity index is 1.77. The van der Waals surface area contributed by atoms with Crippen LogP contribution in [0, 0.1) is 5.41 Å². The van der Waals surface area contributed by atoms with Crippen molar-refractivity contribution in [3.05, 3.63) is 35.4 Å². The Morgan fingerprint density at radius 1 is 1.17 bits per heavy atom. The molecule has 2 fully saturated rings. The molecular formula is C18H24F2N2O2. The van der Waals surface area contributed by atoms with Gasteiger partial charge in [-0.1, -0.05) is 24.3 Å². The molecule has 1 spiro atoms. The lowest BCUT2D eigenvalue weighted by atomic mass is 9.77. The molecule has 0 aliphatic carbocycles. The summed E-state index contributed by atoms with van der Waals surface area (Å²) in [5.74, 6) is -2.96. The van der Waals surface area contributed by atoms with Crippen LogP contribution in [0.1, 0.15) is 30.9 Å². The van der Waals surface area contributed by atoms with Gasteiger partial charge >= 0.3 is 0 Å². The van der Waals surface area contributed by atoms with E-state index in [4.69, 9.17) is 5.11 Å². The van der Waals surface area contributed by atoms with E-state index < -0.39 is 11.3 Å². The third-order valence-electron chi connectivity index (χ3n) is 5.17. The first-order valence-electron chi connectivity index (χ1n) is 8.46. The van der Waals surface area contributed by atoms with Gasteiger partial charge in [-0.15, -0.1) is 0 Å². The van der Waals surface area contributed by atoms with E-state index in [1.54, 1.807) is 21.9 Å². The van der Waals surface area contributed by atoms with Gasteiger partial charge in [0, 0.05) is 32.6 Å². The fraction of sp³-hybridized carbons (Fsp3) is 0.611. The molecule has 1 N–H and O–H groups in total. The van der Waals surface area contributed by atoms with Crippen LogP contribution in [-0.4, -0.2) is 52.9 Å². The highest BCUT2D eigenvalue weighted by atomic mass is 19.3. The van der Waals surface area contributed by atoms with Crippen LogP contribution in [-0.2, 0) is 17.9 Å². The molecule has 1 aromatic carbocycles. The van der Waals surface area contributed by atoms with Crippen LogP contribution >= 0.6 is 0 Å². The lowest BCUT2D eigenvalue weighted by molar-refractivity contribution is -0.155. The number of alkyl halides is 2. The molecule has 2 heterocycles. The van der Waals surface area contributed by atoms with E-state index >= 15 is 0 Å². The maximum Gasteiger partial charge on any atom is 0.261 e. The molecule has 132 valence electrons. The minimum atomic E-state index is -2.84. The van der Waals surface area contributed by atoms with Crippen molar-refractivity contribution in [1.29, 1.82) is 0 Å². The standard InChI is InChI=1S/C18H24F2N2O2/c1-2-22-8-7-17(16(22)24)11-18(19,20)13-21(12-17)9-14-3-5-15(10-23)6-4-14/h3-6,23H,2,7-13H2,1H3. The number of carbonyl (C=O) groups is 1. The van der Waals surface area contributed by atoms with Gasteiger partial charge in [-0.3, -0.25) is 9.69 Å². The fourth-order valence-electron chi connectivity index (χ4n) is 4.04. The van der Waals surface area contributed by atoms with E-state index in [9.17, 15) is 13.6 Å². The summed E-state index contributed by atoms with van der Waals surface area (Å²) in [5.41, 5.74) is 0.768. The Hall–Kier alpha value is -1.53. The van der Waals surface area contributed by atoms with Crippen molar-refractivity contribution in [3.63, 3.8) is 0 Å². The largest absolute Gasteiger partial charge is 0.392 e. The molecule has 2 saturated heterocycles. The number of halogens is 2. The Labute approximate surface area is 141 Å². The monoisotopic (exact) mass is 338 g/mol. The topological polar surface area (TPSA) is 43.8 Å². The van der Waals surface area contributed by atoms with Crippen molar-refractivity contribution >= 4 is 5.91 Å². The van der Waals surface area contributed by atoms with Gasteiger partial charge in [0.2, 0.25) is 5.91 Å². The van der Waals surface area contributed by atoms with Crippen molar-refractivity contribution in [3.8, 4) is 0 Å². The molecule has 24 heavy (non-hydrogen) atoms. The first-order chi connectivity index (χ1) is 11.4. The number of benzene rings is 1. The second-order valence-corrected chi connectivity index (χ2v) is 7.07. The normalized spacial score (nSPS) is 27.2. The number of carbonyl (C=O) groups excluding carboxylic acids is 1. The summed E-state index contributed by atoms with van der Waals surface area (Å²) in [6, 6.07) is 7.29. The van der Waals surface area contributed by atoms with E-state index in [-0.39, 0.29) is 25.5 Å². The quantitative estimate of drug-likeness (QED) is 0.916. The minimum Gasteiger partial charge on any atom is -0.392 e. The summed E-state index contributed by atoms with van der Waals surface area (Å²) >= 11 is 0. The van der Waals surface area contributed by atoms with E-state index in [1.807, 2.05) is 19.1 Å². The number of nitrogens with zero attached hydrogens (tertiary/aromatic N) is 2. The summed E-state index contributed by atoms with van der Waals surface area (Å²) in [4.78, 5) is 16.0.